The molecule has 3 aromatic rings. The van der Waals surface area contributed by atoms with Crippen LogP contribution in [0.1, 0.15) is 35.2 Å². The van der Waals surface area contributed by atoms with Crippen molar-refractivity contribution in [1.82, 2.24) is 9.88 Å². The summed E-state index contributed by atoms with van der Waals surface area (Å²) in [7, 11) is 0. The zero-order valence-electron chi connectivity index (χ0n) is 15.3. The Morgan fingerprint density at radius 2 is 2.14 bits per heavy atom. The Labute approximate surface area is 169 Å². The van der Waals surface area contributed by atoms with Gasteiger partial charge in [0.1, 0.15) is 11.2 Å². The lowest BCUT2D eigenvalue weighted by Crippen LogP contribution is -2.38. The van der Waals surface area contributed by atoms with Gasteiger partial charge in [-0.1, -0.05) is 19.4 Å². The lowest BCUT2D eigenvalue weighted by Gasteiger charge is -2.04. The zero-order valence-corrected chi connectivity index (χ0v) is 17.0. The summed E-state index contributed by atoms with van der Waals surface area (Å²) < 4.78 is 7.36. The summed E-state index contributed by atoms with van der Waals surface area (Å²) >= 11 is 2.70. The van der Waals surface area contributed by atoms with Crippen LogP contribution >= 0.6 is 22.7 Å². The van der Waals surface area contributed by atoms with Crippen molar-refractivity contribution in [2.75, 3.05) is 6.54 Å². The minimum Gasteiger partial charge on any atom is -0.461 e. The third-order valence-electron chi connectivity index (χ3n) is 3.93. The first-order valence-electron chi connectivity index (χ1n) is 8.89. The number of rotatable bonds is 8. The summed E-state index contributed by atoms with van der Waals surface area (Å²) in [6.45, 7) is 2.47. The summed E-state index contributed by atoms with van der Waals surface area (Å²) in [6.07, 6.45) is 6.38. The highest BCUT2D eigenvalue weighted by Crippen LogP contribution is 2.08. The Hall–Kier alpha value is -2.71. The van der Waals surface area contributed by atoms with Crippen molar-refractivity contribution in [1.29, 1.82) is 0 Å². The van der Waals surface area contributed by atoms with Crippen molar-refractivity contribution >= 4 is 46.5 Å². The Morgan fingerprint density at radius 3 is 2.82 bits per heavy atom. The standard InChI is InChI=1S/C20H20N2O4S2/c1-2-3-8-21-18(24)13-22-19(12-15(23)16-7-4-9-26-16)28-17(20(22)25)11-14-6-5-10-27-14/h4-7,9-12H,2-3,8,13H2,1H3,(H,21,24)/b17-11+,19-12-. The Bertz CT molecular complexity index is 1110. The van der Waals surface area contributed by atoms with Crippen molar-refractivity contribution < 1.29 is 14.0 Å². The number of aromatic nitrogens is 1. The van der Waals surface area contributed by atoms with Crippen LogP contribution in [0.15, 0.2) is 45.1 Å². The molecule has 1 N–H and O–H groups in total. The van der Waals surface area contributed by atoms with E-state index in [1.54, 1.807) is 18.2 Å². The molecule has 6 nitrogen and oxygen atoms in total. The molecule has 146 valence electrons. The molecule has 3 aromatic heterocycles. The van der Waals surface area contributed by atoms with Crippen molar-refractivity contribution in [3.8, 4) is 0 Å². The number of thiazole rings is 1. The van der Waals surface area contributed by atoms with Gasteiger partial charge >= 0.3 is 0 Å². The molecule has 1 amide bonds. The molecule has 8 heteroatoms. The minimum absolute atomic E-state index is 0.130. The quantitative estimate of drug-likeness (QED) is 0.450. The third kappa shape index (κ3) is 4.96. The molecule has 0 unspecified atom stereocenters. The number of amides is 1. The number of Topliss-reactive ketones (excluding diaryl/α,β-unsaturated/α-hetero) is 1. The fourth-order valence-corrected chi connectivity index (χ4v) is 4.27. The van der Waals surface area contributed by atoms with E-state index in [4.69, 9.17) is 4.42 Å². The van der Waals surface area contributed by atoms with Gasteiger partial charge in [-0.3, -0.25) is 19.0 Å². The van der Waals surface area contributed by atoms with Gasteiger partial charge in [-0.25, -0.2) is 0 Å². The number of nitrogens with zero attached hydrogens (tertiary/aromatic N) is 1. The van der Waals surface area contributed by atoms with E-state index in [0.717, 1.165) is 17.7 Å². The number of nitrogens with one attached hydrogen (secondary N) is 1. The molecule has 0 radical (unpaired) electrons. The number of carbonyl (C=O) groups excluding carboxylic acids is 2. The van der Waals surface area contributed by atoms with Crippen LogP contribution < -0.4 is 20.1 Å². The lowest BCUT2D eigenvalue weighted by molar-refractivity contribution is -0.121. The maximum absolute atomic E-state index is 12.9. The van der Waals surface area contributed by atoms with Gasteiger partial charge in [-0.05, 0) is 36.1 Å². The molecule has 0 bridgehead atoms. The first kappa shape index (κ1) is 20.0. The third-order valence-corrected chi connectivity index (χ3v) is 5.80. The Kier molecular flexibility index (Phi) is 6.78. The Morgan fingerprint density at radius 1 is 1.29 bits per heavy atom. The predicted octanol–water partition coefficient (Wildman–Crippen LogP) is 1.97. The molecule has 0 saturated carbocycles. The van der Waals surface area contributed by atoms with Gasteiger partial charge in [0.15, 0.2) is 5.76 Å². The van der Waals surface area contributed by atoms with Crippen LogP contribution in [0.5, 0.6) is 0 Å². The molecule has 3 heterocycles. The van der Waals surface area contributed by atoms with Crippen LogP contribution in [0.4, 0.5) is 0 Å². The number of unbranched alkanes of at least 4 members (excludes halogenated alkanes) is 1. The first-order chi connectivity index (χ1) is 13.6. The van der Waals surface area contributed by atoms with Crippen LogP contribution in [0.2, 0.25) is 0 Å². The van der Waals surface area contributed by atoms with Crippen LogP contribution in [0.25, 0.3) is 12.2 Å². The topological polar surface area (TPSA) is 81.3 Å². The van der Waals surface area contributed by atoms with E-state index in [1.807, 2.05) is 24.4 Å². The van der Waals surface area contributed by atoms with E-state index < -0.39 is 0 Å². The summed E-state index contributed by atoms with van der Waals surface area (Å²) in [5, 5.41) is 4.73. The Balaban J connectivity index is 2.00. The van der Waals surface area contributed by atoms with Crippen LogP contribution in [-0.2, 0) is 11.3 Å². The van der Waals surface area contributed by atoms with Crippen LogP contribution in [0.3, 0.4) is 0 Å². The van der Waals surface area contributed by atoms with Crippen LogP contribution in [-0.4, -0.2) is 22.8 Å². The summed E-state index contributed by atoms with van der Waals surface area (Å²) in [6, 6.07) is 6.99. The molecule has 0 aromatic carbocycles. The second-order valence-electron chi connectivity index (χ2n) is 6.05. The monoisotopic (exact) mass is 416 g/mol. The second kappa shape index (κ2) is 9.48. The molecule has 0 aliphatic carbocycles. The smallest absolute Gasteiger partial charge is 0.269 e. The molecule has 0 aliphatic heterocycles. The molecule has 0 aliphatic rings. The highest BCUT2D eigenvalue weighted by Gasteiger charge is 2.12. The molecular formula is C20H20N2O4S2. The molecule has 28 heavy (non-hydrogen) atoms. The molecule has 0 spiro atoms. The van der Waals surface area contributed by atoms with Crippen molar-refractivity contribution in [2.24, 2.45) is 0 Å². The number of carbonyl (C=O) groups is 2. The van der Waals surface area contributed by atoms with Gasteiger partial charge in [-0.15, -0.1) is 22.7 Å². The molecule has 0 saturated heterocycles. The zero-order chi connectivity index (χ0) is 19.9. The summed E-state index contributed by atoms with van der Waals surface area (Å²) in [4.78, 5) is 38.4. The van der Waals surface area contributed by atoms with E-state index in [0.29, 0.717) is 15.7 Å². The van der Waals surface area contributed by atoms with Gasteiger partial charge in [0.05, 0.1) is 10.8 Å². The second-order valence-corrected chi connectivity index (χ2v) is 8.09. The molecule has 3 rings (SSSR count). The van der Waals surface area contributed by atoms with Gasteiger partial charge in [-0.2, -0.15) is 0 Å². The normalized spacial score (nSPS) is 12.5. The van der Waals surface area contributed by atoms with Crippen LogP contribution in [0, 0.1) is 0 Å². The van der Waals surface area contributed by atoms with E-state index in [1.165, 1.54) is 39.6 Å². The number of ketones is 1. The van der Waals surface area contributed by atoms with Gasteiger partial charge in [0.25, 0.3) is 5.56 Å². The highest BCUT2D eigenvalue weighted by molar-refractivity contribution is 7.11. The first-order valence-corrected chi connectivity index (χ1v) is 10.6. The summed E-state index contributed by atoms with van der Waals surface area (Å²) in [5.41, 5.74) is -0.289. The number of furan rings is 1. The number of hydrogen-bond donors (Lipinski definition) is 1. The molecular weight excluding hydrogens is 396 g/mol. The SMILES string of the molecule is CCCCNC(=O)Cn1c(=O)/c(=C\c2cccs2)s/c1=C\C(=O)c1ccco1. The largest absolute Gasteiger partial charge is 0.461 e. The van der Waals surface area contributed by atoms with E-state index in [9.17, 15) is 14.4 Å². The molecule has 0 atom stereocenters. The highest BCUT2D eigenvalue weighted by atomic mass is 32.1. The number of hydrogen-bond acceptors (Lipinski definition) is 6. The van der Waals surface area contributed by atoms with E-state index in [-0.39, 0.29) is 29.6 Å². The van der Waals surface area contributed by atoms with Gasteiger partial charge in [0, 0.05) is 17.5 Å². The number of thiophene rings is 1. The van der Waals surface area contributed by atoms with E-state index in [2.05, 4.69) is 5.32 Å². The lowest BCUT2D eigenvalue weighted by atomic mass is 10.3. The fraction of sp³-hybridized carbons (Fsp3) is 0.250. The molecule has 0 fully saturated rings. The fourth-order valence-electron chi connectivity index (χ4n) is 2.50. The maximum atomic E-state index is 12.9. The average Bonchev–Trinajstić information content (AvgIpc) is 3.42. The van der Waals surface area contributed by atoms with Gasteiger partial charge in [0.2, 0.25) is 11.7 Å². The van der Waals surface area contributed by atoms with Gasteiger partial charge < -0.3 is 9.73 Å². The van der Waals surface area contributed by atoms with E-state index >= 15 is 0 Å². The van der Waals surface area contributed by atoms with Crippen molar-refractivity contribution in [3.63, 3.8) is 0 Å². The average molecular weight is 417 g/mol. The summed E-state index contributed by atoms with van der Waals surface area (Å²) in [5.74, 6) is -0.422. The predicted molar refractivity (Wildman–Crippen MR) is 111 cm³/mol. The minimum atomic E-state index is -0.353. The van der Waals surface area contributed by atoms with Crippen molar-refractivity contribution in [3.05, 3.63) is 66.1 Å². The maximum Gasteiger partial charge on any atom is 0.269 e. The van der Waals surface area contributed by atoms with Crippen molar-refractivity contribution in [2.45, 2.75) is 26.3 Å².